The second-order valence-electron chi connectivity index (χ2n) is 5.69. The number of hydrogen-bond donors (Lipinski definition) is 2. The summed E-state index contributed by atoms with van der Waals surface area (Å²) in [6.07, 6.45) is 2.39. The van der Waals surface area contributed by atoms with E-state index in [4.69, 9.17) is 0 Å². The van der Waals surface area contributed by atoms with E-state index in [1.54, 1.807) is 12.1 Å². The highest BCUT2D eigenvalue weighted by atomic mass is 16.3. The summed E-state index contributed by atoms with van der Waals surface area (Å²) < 4.78 is 0. The van der Waals surface area contributed by atoms with Crippen LogP contribution in [0.15, 0.2) is 18.2 Å². The van der Waals surface area contributed by atoms with E-state index in [1.807, 2.05) is 17.9 Å². The summed E-state index contributed by atoms with van der Waals surface area (Å²) in [6, 6.07) is 5.62. The van der Waals surface area contributed by atoms with E-state index in [-0.39, 0.29) is 11.7 Å². The van der Waals surface area contributed by atoms with E-state index in [0.29, 0.717) is 17.5 Å². The van der Waals surface area contributed by atoms with Crippen molar-refractivity contribution >= 4 is 5.91 Å². The van der Waals surface area contributed by atoms with Crippen molar-refractivity contribution in [3.8, 4) is 5.75 Å². The number of hydrogen-bond acceptors (Lipinski definition) is 3. The van der Waals surface area contributed by atoms with E-state index in [9.17, 15) is 9.90 Å². The van der Waals surface area contributed by atoms with Crippen molar-refractivity contribution in [1.82, 2.24) is 10.2 Å². The maximum atomic E-state index is 12.5. The third-order valence-corrected chi connectivity index (χ3v) is 4.27. The van der Waals surface area contributed by atoms with Gasteiger partial charge in [0.25, 0.3) is 5.91 Å². The maximum absolute atomic E-state index is 12.5. The van der Waals surface area contributed by atoms with Gasteiger partial charge in [-0.1, -0.05) is 11.6 Å². The first-order chi connectivity index (χ1) is 9.15. The zero-order valence-corrected chi connectivity index (χ0v) is 11.2. The lowest BCUT2D eigenvalue weighted by molar-refractivity contribution is 0.0782. The molecule has 1 aromatic rings. The van der Waals surface area contributed by atoms with Gasteiger partial charge in [0, 0.05) is 19.1 Å². The SMILES string of the molecule is Cc1ccc(O)c(C(=O)N2C[C@@H]3CCCN[C@@H]3C2)c1. The van der Waals surface area contributed by atoms with Crippen LogP contribution >= 0.6 is 0 Å². The number of likely N-dealkylation sites (tertiary alicyclic amines) is 1. The Bertz CT molecular complexity index is 487. The molecule has 0 saturated carbocycles. The molecule has 2 N–H and O–H groups in total. The van der Waals surface area contributed by atoms with Crippen LogP contribution in [0.1, 0.15) is 28.8 Å². The van der Waals surface area contributed by atoms with Crippen LogP contribution in [0.5, 0.6) is 5.75 Å². The van der Waals surface area contributed by atoms with Crippen LogP contribution in [0.25, 0.3) is 0 Å². The number of piperidine rings is 1. The summed E-state index contributed by atoms with van der Waals surface area (Å²) in [5.41, 5.74) is 1.43. The van der Waals surface area contributed by atoms with Gasteiger partial charge in [-0.05, 0) is 44.4 Å². The summed E-state index contributed by atoms with van der Waals surface area (Å²) in [5.74, 6) is 0.612. The number of carbonyl (C=O) groups is 1. The number of phenols is 1. The average molecular weight is 260 g/mol. The lowest BCUT2D eigenvalue weighted by atomic mass is 9.94. The number of benzene rings is 1. The number of nitrogens with one attached hydrogen (secondary N) is 1. The molecule has 0 bridgehead atoms. The van der Waals surface area contributed by atoms with Crippen molar-refractivity contribution in [1.29, 1.82) is 0 Å². The van der Waals surface area contributed by atoms with Crippen molar-refractivity contribution in [2.75, 3.05) is 19.6 Å². The van der Waals surface area contributed by atoms with Crippen LogP contribution in [-0.4, -0.2) is 41.6 Å². The summed E-state index contributed by atoms with van der Waals surface area (Å²) in [4.78, 5) is 14.4. The zero-order chi connectivity index (χ0) is 13.4. The topological polar surface area (TPSA) is 52.6 Å². The second kappa shape index (κ2) is 4.85. The Kier molecular flexibility index (Phi) is 3.19. The van der Waals surface area contributed by atoms with Crippen LogP contribution in [0.3, 0.4) is 0 Å². The van der Waals surface area contributed by atoms with Gasteiger partial charge in [-0.2, -0.15) is 0 Å². The first-order valence-electron chi connectivity index (χ1n) is 6.97. The largest absolute Gasteiger partial charge is 0.507 e. The molecule has 3 rings (SSSR count). The quantitative estimate of drug-likeness (QED) is 0.805. The van der Waals surface area contributed by atoms with E-state index in [1.165, 1.54) is 12.8 Å². The van der Waals surface area contributed by atoms with Gasteiger partial charge in [0.2, 0.25) is 0 Å². The molecule has 0 aliphatic carbocycles. The minimum Gasteiger partial charge on any atom is -0.507 e. The van der Waals surface area contributed by atoms with E-state index in [2.05, 4.69) is 5.32 Å². The Balaban J connectivity index is 1.79. The average Bonchev–Trinajstić information content (AvgIpc) is 2.84. The molecule has 1 aromatic carbocycles. The highest BCUT2D eigenvalue weighted by Crippen LogP contribution is 2.28. The molecular formula is C15H20N2O2. The Morgan fingerprint density at radius 3 is 3.05 bits per heavy atom. The lowest BCUT2D eigenvalue weighted by Crippen LogP contribution is -2.41. The van der Waals surface area contributed by atoms with Crippen LogP contribution in [0, 0.1) is 12.8 Å². The van der Waals surface area contributed by atoms with Crippen LogP contribution in [-0.2, 0) is 0 Å². The molecule has 19 heavy (non-hydrogen) atoms. The monoisotopic (exact) mass is 260 g/mol. The van der Waals surface area contributed by atoms with Crippen molar-refractivity contribution in [2.24, 2.45) is 5.92 Å². The molecule has 2 aliphatic heterocycles. The molecule has 2 atom stereocenters. The molecule has 2 aliphatic rings. The Hall–Kier alpha value is -1.55. The number of phenolic OH excluding ortho intramolecular Hbond substituents is 1. The fourth-order valence-electron chi connectivity index (χ4n) is 3.20. The molecule has 4 heteroatoms. The highest BCUT2D eigenvalue weighted by Gasteiger charge is 2.37. The van der Waals surface area contributed by atoms with E-state index >= 15 is 0 Å². The van der Waals surface area contributed by atoms with Gasteiger partial charge in [-0.25, -0.2) is 0 Å². The number of amides is 1. The predicted molar refractivity (Wildman–Crippen MR) is 73.3 cm³/mol. The molecule has 102 valence electrons. The van der Waals surface area contributed by atoms with Crippen molar-refractivity contribution in [2.45, 2.75) is 25.8 Å². The third kappa shape index (κ3) is 2.32. The fraction of sp³-hybridized carbons (Fsp3) is 0.533. The van der Waals surface area contributed by atoms with Gasteiger partial charge >= 0.3 is 0 Å². The second-order valence-corrected chi connectivity index (χ2v) is 5.69. The van der Waals surface area contributed by atoms with Gasteiger partial charge in [0.05, 0.1) is 5.56 Å². The molecule has 2 saturated heterocycles. The van der Waals surface area contributed by atoms with Gasteiger partial charge in [0.15, 0.2) is 0 Å². The number of rotatable bonds is 1. The summed E-state index contributed by atoms with van der Waals surface area (Å²) in [5, 5.41) is 13.3. The first kappa shape index (κ1) is 12.5. The Morgan fingerprint density at radius 1 is 1.42 bits per heavy atom. The predicted octanol–water partition coefficient (Wildman–Crippen LogP) is 1.52. The summed E-state index contributed by atoms with van der Waals surface area (Å²) in [7, 11) is 0. The van der Waals surface area contributed by atoms with Crippen LogP contribution < -0.4 is 5.32 Å². The smallest absolute Gasteiger partial charge is 0.257 e. The number of aromatic hydroxyl groups is 1. The fourth-order valence-corrected chi connectivity index (χ4v) is 3.20. The minimum atomic E-state index is -0.0441. The zero-order valence-electron chi connectivity index (χ0n) is 11.2. The van der Waals surface area contributed by atoms with Gasteiger partial charge in [-0.3, -0.25) is 4.79 Å². The molecule has 0 radical (unpaired) electrons. The molecule has 0 unspecified atom stereocenters. The standard InChI is InChI=1S/C15H20N2O2/c1-10-4-5-14(18)12(7-10)15(19)17-8-11-3-2-6-16-13(11)9-17/h4-5,7,11,13,16,18H,2-3,6,8-9H2,1H3/t11-,13+/m0/s1. The van der Waals surface area contributed by atoms with Crippen LogP contribution in [0.4, 0.5) is 0 Å². The van der Waals surface area contributed by atoms with Gasteiger partial charge in [-0.15, -0.1) is 0 Å². The molecular weight excluding hydrogens is 240 g/mol. The summed E-state index contributed by atoms with van der Waals surface area (Å²) in [6.45, 7) is 4.56. The molecule has 2 fully saturated rings. The molecule has 0 aromatic heterocycles. The maximum Gasteiger partial charge on any atom is 0.257 e. The summed E-state index contributed by atoms with van der Waals surface area (Å²) >= 11 is 0. The lowest BCUT2D eigenvalue weighted by Gasteiger charge is -2.24. The van der Waals surface area contributed by atoms with Crippen molar-refractivity contribution < 1.29 is 9.90 Å². The molecule has 0 spiro atoms. The Morgan fingerprint density at radius 2 is 2.26 bits per heavy atom. The number of carbonyl (C=O) groups excluding carboxylic acids is 1. The molecule has 4 nitrogen and oxygen atoms in total. The molecule has 1 amide bonds. The van der Waals surface area contributed by atoms with Crippen molar-refractivity contribution in [3.63, 3.8) is 0 Å². The normalized spacial score (nSPS) is 26.3. The number of fused-ring (bicyclic) bond motifs is 1. The minimum absolute atomic E-state index is 0.0441. The Labute approximate surface area is 113 Å². The van der Waals surface area contributed by atoms with Gasteiger partial charge < -0.3 is 15.3 Å². The molecule has 2 heterocycles. The van der Waals surface area contributed by atoms with E-state index < -0.39 is 0 Å². The van der Waals surface area contributed by atoms with Gasteiger partial charge in [0.1, 0.15) is 5.75 Å². The highest BCUT2D eigenvalue weighted by molar-refractivity contribution is 5.97. The van der Waals surface area contributed by atoms with Crippen molar-refractivity contribution in [3.05, 3.63) is 29.3 Å². The first-order valence-corrected chi connectivity index (χ1v) is 6.97. The number of nitrogens with zero attached hydrogens (tertiary/aromatic N) is 1. The van der Waals surface area contributed by atoms with Crippen LogP contribution in [0.2, 0.25) is 0 Å². The van der Waals surface area contributed by atoms with E-state index in [0.717, 1.165) is 25.2 Å². The third-order valence-electron chi connectivity index (χ3n) is 4.27. The number of aryl methyl sites for hydroxylation is 1.